The van der Waals surface area contributed by atoms with Crippen LogP contribution >= 0.6 is 0 Å². The maximum Gasteiger partial charge on any atom is 0.335 e. The molecular formula is C32H36N2O5S. The highest BCUT2D eigenvalue weighted by Crippen LogP contribution is 2.25. The Bertz CT molecular complexity index is 1610. The Kier molecular flexibility index (Phi) is 8.75. The lowest BCUT2D eigenvalue weighted by Crippen LogP contribution is -2.47. The fourth-order valence-corrected chi connectivity index (χ4v) is 6.07. The summed E-state index contributed by atoms with van der Waals surface area (Å²) >= 11 is 0. The molecule has 0 spiro atoms. The zero-order valence-electron chi connectivity index (χ0n) is 23.3. The van der Waals surface area contributed by atoms with Gasteiger partial charge in [-0.05, 0) is 78.4 Å². The van der Waals surface area contributed by atoms with Crippen LogP contribution in [0.25, 0.3) is 21.9 Å². The third-order valence-electron chi connectivity index (χ3n) is 7.10. The topological polar surface area (TPSA) is 107 Å². The number of fused-ring (bicyclic) bond motifs is 1. The summed E-state index contributed by atoms with van der Waals surface area (Å²) in [7, 11) is -2.36. The van der Waals surface area contributed by atoms with Crippen LogP contribution in [-0.4, -0.2) is 60.7 Å². The highest BCUT2D eigenvalue weighted by atomic mass is 32.2. The van der Waals surface area contributed by atoms with Crippen LogP contribution in [0.5, 0.6) is 0 Å². The first-order valence-corrected chi connectivity index (χ1v) is 14.6. The molecule has 0 fully saturated rings. The Morgan fingerprint density at radius 2 is 1.57 bits per heavy atom. The summed E-state index contributed by atoms with van der Waals surface area (Å²) in [5, 5.41) is 25.7. The highest BCUT2D eigenvalue weighted by molar-refractivity contribution is 7.89. The number of sulfonamides is 1. The number of carboxylic acid groups (broad SMARTS) is 1. The van der Waals surface area contributed by atoms with Gasteiger partial charge in [-0.25, -0.2) is 13.2 Å². The third kappa shape index (κ3) is 6.95. The van der Waals surface area contributed by atoms with Crippen LogP contribution < -0.4 is 5.32 Å². The van der Waals surface area contributed by atoms with Gasteiger partial charge in [0, 0.05) is 25.7 Å². The van der Waals surface area contributed by atoms with E-state index in [-0.39, 0.29) is 29.1 Å². The number of aromatic carboxylic acids is 1. The Balaban J connectivity index is 1.35. The van der Waals surface area contributed by atoms with E-state index in [0.29, 0.717) is 5.56 Å². The number of nitrogens with zero attached hydrogens (tertiary/aromatic N) is 1. The minimum absolute atomic E-state index is 0.0566. The second kappa shape index (κ2) is 11.9. The van der Waals surface area contributed by atoms with E-state index in [1.54, 1.807) is 37.3 Å². The number of likely N-dealkylation sites (N-methyl/N-ethyl adjacent to an activating group) is 1. The molecule has 8 heteroatoms. The summed E-state index contributed by atoms with van der Waals surface area (Å²) in [6, 6.07) is 26.1. The smallest absolute Gasteiger partial charge is 0.335 e. The molecule has 4 rings (SSSR count). The minimum Gasteiger partial charge on any atom is -0.478 e. The van der Waals surface area contributed by atoms with Gasteiger partial charge in [0.2, 0.25) is 10.0 Å². The molecule has 7 nitrogen and oxygen atoms in total. The molecule has 1 unspecified atom stereocenters. The first kappa shape index (κ1) is 29.4. The number of β-amino-alcohol motifs (C(OH)–C–C–N with tert-alkyl or cyclic N) is 1. The Morgan fingerprint density at radius 1 is 0.925 bits per heavy atom. The van der Waals surface area contributed by atoms with Crippen LogP contribution in [0.15, 0.2) is 89.8 Å². The summed E-state index contributed by atoms with van der Waals surface area (Å²) in [6.45, 7) is 6.04. The van der Waals surface area contributed by atoms with E-state index in [0.717, 1.165) is 21.9 Å². The lowest BCUT2D eigenvalue weighted by molar-refractivity contribution is 0.0696. The molecule has 4 aromatic carbocycles. The zero-order valence-corrected chi connectivity index (χ0v) is 24.1. The maximum absolute atomic E-state index is 13.2. The SMILES string of the molecule is Cc1cc(-c2ccc(S(=O)(=O)N(C)CC(O)CNC(C)(C)Cc3ccc4ccccc4c3)cc2)ccc1C(=O)O. The number of hydrogen-bond donors (Lipinski definition) is 3. The minimum atomic E-state index is -3.81. The van der Waals surface area contributed by atoms with Gasteiger partial charge in [0.1, 0.15) is 0 Å². The Morgan fingerprint density at radius 3 is 2.23 bits per heavy atom. The summed E-state index contributed by atoms with van der Waals surface area (Å²) in [4.78, 5) is 11.4. The van der Waals surface area contributed by atoms with Crippen molar-refractivity contribution in [1.82, 2.24) is 9.62 Å². The zero-order chi connectivity index (χ0) is 29.1. The van der Waals surface area contributed by atoms with E-state index >= 15 is 0 Å². The maximum atomic E-state index is 13.2. The van der Waals surface area contributed by atoms with Gasteiger partial charge >= 0.3 is 5.97 Å². The van der Waals surface area contributed by atoms with Gasteiger partial charge in [0.15, 0.2) is 0 Å². The molecule has 1 atom stereocenters. The van der Waals surface area contributed by atoms with Crippen molar-refractivity contribution in [3.8, 4) is 11.1 Å². The monoisotopic (exact) mass is 560 g/mol. The number of aliphatic hydroxyl groups is 1. The quantitative estimate of drug-likeness (QED) is 0.236. The van der Waals surface area contributed by atoms with Crippen molar-refractivity contribution in [2.75, 3.05) is 20.1 Å². The van der Waals surface area contributed by atoms with Crippen LogP contribution in [0, 0.1) is 6.92 Å². The second-order valence-corrected chi connectivity index (χ2v) is 13.0. The standard InChI is InChI=1S/C32H36N2O5S/c1-22-17-27(13-16-30(22)31(36)37)25-11-14-29(15-12-25)40(38,39)34(4)21-28(35)20-33-32(2,3)19-23-9-10-24-7-5-6-8-26(24)18-23/h5-18,28,33,35H,19-21H2,1-4H3,(H,36,37). The van der Waals surface area contributed by atoms with Gasteiger partial charge in [-0.2, -0.15) is 4.31 Å². The molecule has 0 aliphatic carbocycles. The van der Waals surface area contributed by atoms with Crippen molar-refractivity contribution in [2.24, 2.45) is 0 Å². The Labute approximate surface area is 236 Å². The molecule has 0 heterocycles. The number of aliphatic hydroxyl groups excluding tert-OH is 1. The average Bonchev–Trinajstić information content (AvgIpc) is 2.91. The van der Waals surface area contributed by atoms with Crippen LogP contribution in [-0.2, 0) is 16.4 Å². The number of benzene rings is 4. The second-order valence-electron chi connectivity index (χ2n) is 10.9. The molecule has 0 aliphatic rings. The van der Waals surface area contributed by atoms with E-state index in [1.165, 1.54) is 35.5 Å². The summed E-state index contributed by atoms with van der Waals surface area (Å²) in [6.07, 6.45) is -0.144. The molecule has 0 amide bonds. The molecule has 0 radical (unpaired) electrons. The predicted octanol–water partition coefficient (Wildman–Crippen LogP) is 5.11. The first-order valence-electron chi connectivity index (χ1n) is 13.2. The predicted molar refractivity (Wildman–Crippen MR) is 159 cm³/mol. The fraction of sp³-hybridized carbons (Fsp3) is 0.281. The van der Waals surface area contributed by atoms with Gasteiger partial charge in [-0.15, -0.1) is 0 Å². The molecule has 0 bridgehead atoms. The average molecular weight is 561 g/mol. The number of rotatable bonds is 11. The van der Waals surface area contributed by atoms with Crippen molar-refractivity contribution in [1.29, 1.82) is 0 Å². The summed E-state index contributed by atoms with van der Waals surface area (Å²) in [5.74, 6) is -0.987. The third-order valence-corrected chi connectivity index (χ3v) is 8.93. The molecular weight excluding hydrogens is 524 g/mol. The number of carbonyl (C=O) groups is 1. The molecule has 3 N–H and O–H groups in total. The lowest BCUT2D eigenvalue weighted by atomic mass is 9.93. The van der Waals surface area contributed by atoms with E-state index in [4.69, 9.17) is 0 Å². The van der Waals surface area contributed by atoms with Gasteiger partial charge in [0.05, 0.1) is 16.6 Å². The van der Waals surface area contributed by atoms with Crippen molar-refractivity contribution < 1.29 is 23.4 Å². The molecule has 4 aromatic rings. The first-order chi connectivity index (χ1) is 18.9. The van der Waals surface area contributed by atoms with Crippen LogP contribution in [0.2, 0.25) is 0 Å². The van der Waals surface area contributed by atoms with E-state index < -0.39 is 22.1 Å². The largest absolute Gasteiger partial charge is 0.478 e. The highest BCUT2D eigenvalue weighted by Gasteiger charge is 2.25. The summed E-state index contributed by atoms with van der Waals surface area (Å²) < 4.78 is 27.5. The summed E-state index contributed by atoms with van der Waals surface area (Å²) in [5.41, 5.74) is 3.31. The number of nitrogens with one attached hydrogen (secondary N) is 1. The van der Waals surface area contributed by atoms with Crippen LogP contribution in [0.3, 0.4) is 0 Å². The van der Waals surface area contributed by atoms with Crippen molar-refractivity contribution in [2.45, 2.75) is 43.7 Å². The fourth-order valence-electron chi connectivity index (χ4n) is 4.86. The van der Waals surface area contributed by atoms with E-state index in [2.05, 4.69) is 49.5 Å². The van der Waals surface area contributed by atoms with Gasteiger partial charge < -0.3 is 15.5 Å². The molecule has 0 saturated heterocycles. The lowest BCUT2D eigenvalue weighted by Gasteiger charge is -2.29. The molecule has 0 saturated carbocycles. The van der Waals surface area contributed by atoms with Gasteiger partial charge in [-0.3, -0.25) is 0 Å². The van der Waals surface area contributed by atoms with Gasteiger partial charge in [0.25, 0.3) is 0 Å². The van der Waals surface area contributed by atoms with Crippen molar-refractivity contribution in [3.63, 3.8) is 0 Å². The van der Waals surface area contributed by atoms with Crippen molar-refractivity contribution >= 4 is 26.8 Å². The van der Waals surface area contributed by atoms with Gasteiger partial charge in [-0.1, -0.05) is 66.7 Å². The van der Waals surface area contributed by atoms with Crippen LogP contribution in [0.4, 0.5) is 0 Å². The number of aryl methyl sites for hydroxylation is 1. The molecule has 40 heavy (non-hydrogen) atoms. The Hall–Kier alpha value is -3.56. The van der Waals surface area contributed by atoms with E-state index in [1.807, 2.05) is 12.1 Å². The molecule has 0 aliphatic heterocycles. The normalized spacial score (nSPS) is 13.1. The van der Waals surface area contributed by atoms with E-state index in [9.17, 15) is 23.4 Å². The van der Waals surface area contributed by atoms with Crippen LogP contribution in [0.1, 0.15) is 35.3 Å². The number of carboxylic acids is 1. The molecule has 0 aromatic heterocycles. The molecule has 210 valence electrons. The van der Waals surface area contributed by atoms with Crippen molar-refractivity contribution in [3.05, 3.63) is 102 Å². The number of hydrogen-bond acceptors (Lipinski definition) is 5.